The van der Waals surface area contributed by atoms with E-state index < -0.39 is 36.8 Å². The maximum Gasteiger partial charge on any atom is 0.460 e. The summed E-state index contributed by atoms with van der Waals surface area (Å²) in [7, 11) is 0. The van der Waals surface area contributed by atoms with Gasteiger partial charge < -0.3 is 0 Å². The molecule has 0 saturated carbocycles. The molecule has 0 bridgehead atoms. The molecule has 0 radical (unpaired) electrons. The van der Waals surface area contributed by atoms with Crippen LogP contribution in [0, 0.1) is 11.8 Å². The lowest BCUT2D eigenvalue weighted by atomic mass is 9.98. The molecule has 0 nitrogen and oxygen atoms in total. The van der Waals surface area contributed by atoms with Gasteiger partial charge >= 0.3 is 23.9 Å². The highest BCUT2D eigenvalue weighted by atomic mass is 79.9. The Morgan fingerprint density at radius 2 is 1.25 bits per heavy atom. The molecule has 0 saturated heterocycles. The van der Waals surface area contributed by atoms with E-state index in [0.717, 1.165) is 10.0 Å². The number of rotatable bonds is 8. The number of unbranched alkanes of at least 4 members (excludes halogenated alkanes) is 4. The van der Waals surface area contributed by atoms with Gasteiger partial charge in [-0.1, -0.05) is 40.6 Å². The molecule has 28 heavy (non-hydrogen) atoms. The summed E-state index contributed by atoms with van der Waals surface area (Å²) in [4.78, 5) is 0. The molecule has 1 rings (SSSR count). The van der Waals surface area contributed by atoms with Gasteiger partial charge in [-0.05, 0) is 37.1 Å². The molecule has 0 spiro atoms. The first-order chi connectivity index (χ1) is 12.7. The van der Waals surface area contributed by atoms with Gasteiger partial charge in [-0.3, -0.25) is 0 Å². The second-order valence-electron chi connectivity index (χ2n) is 6.07. The van der Waals surface area contributed by atoms with E-state index in [1.165, 1.54) is 0 Å². The fourth-order valence-electron chi connectivity index (χ4n) is 2.18. The smallest absolute Gasteiger partial charge is 0.200 e. The van der Waals surface area contributed by atoms with E-state index in [1.807, 2.05) is 0 Å². The van der Waals surface area contributed by atoms with Crippen LogP contribution in [0.5, 0.6) is 0 Å². The van der Waals surface area contributed by atoms with Crippen LogP contribution < -0.4 is 0 Å². The normalized spacial score (nSPS) is 13.2. The highest BCUT2D eigenvalue weighted by Gasteiger charge is 2.81. The second kappa shape index (κ2) is 9.42. The van der Waals surface area contributed by atoms with Crippen LogP contribution in [0.25, 0.3) is 0 Å². The lowest BCUT2D eigenvalue weighted by molar-refractivity contribution is -0.396. The molecule has 0 aromatic heterocycles. The Morgan fingerprint density at radius 3 is 1.79 bits per heavy atom. The van der Waals surface area contributed by atoms with Crippen molar-refractivity contribution in [2.45, 2.75) is 62.5 Å². The van der Waals surface area contributed by atoms with Crippen LogP contribution in [-0.4, -0.2) is 23.9 Å². The first-order valence-electron chi connectivity index (χ1n) is 8.17. The van der Waals surface area contributed by atoms with Gasteiger partial charge in [-0.25, -0.2) is 0 Å². The summed E-state index contributed by atoms with van der Waals surface area (Å²) in [5.41, 5.74) is 0.760. The molecule has 0 aliphatic carbocycles. The minimum atomic E-state index is -6.81. The van der Waals surface area contributed by atoms with E-state index >= 15 is 0 Å². The van der Waals surface area contributed by atoms with Crippen molar-refractivity contribution < 1.29 is 39.5 Å². The Bertz CT molecular complexity index is 682. The van der Waals surface area contributed by atoms with E-state index in [-0.39, 0.29) is 6.42 Å². The van der Waals surface area contributed by atoms with Crippen LogP contribution in [-0.2, 0) is 0 Å². The summed E-state index contributed by atoms with van der Waals surface area (Å²) in [5, 5.41) is 0. The van der Waals surface area contributed by atoms with E-state index in [9.17, 15) is 39.5 Å². The summed E-state index contributed by atoms with van der Waals surface area (Å²) >= 11 is 3.26. The molecule has 0 aliphatic heterocycles. The molecule has 0 aliphatic rings. The van der Waals surface area contributed by atoms with Gasteiger partial charge in [-0.15, -0.1) is 0 Å². The first kappa shape index (κ1) is 24.7. The third-order valence-corrected chi connectivity index (χ3v) is 4.36. The SMILES string of the molecule is FC(F)(F)C(F)(F)C(F)(F)C(F)(F)CCCCCCC#Cc1ccc(Br)cc1. The predicted molar refractivity (Wildman–Crippen MR) is 89.6 cm³/mol. The number of alkyl halides is 9. The van der Waals surface area contributed by atoms with Gasteiger partial charge in [-0.2, -0.15) is 39.5 Å². The Morgan fingerprint density at radius 1 is 0.714 bits per heavy atom. The Hall–Kier alpha value is -1.37. The summed E-state index contributed by atoms with van der Waals surface area (Å²) in [6.07, 6.45) is -8.03. The quantitative estimate of drug-likeness (QED) is 0.203. The van der Waals surface area contributed by atoms with Crippen molar-refractivity contribution in [1.82, 2.24) is 0 Å². The van der Waals surface area contributed by atoms with Gasteiger partial charge in [0, 0.05) is 22.9 Å². The molecule has 0 atom stereocenters. The van der Waals surface area contributed by atoms with Gasteiger partial charge in [0.05, 0.1) is 0 Å². The third-order valence-electron chi connectivity index (χ3n) is 3.83. The van der Waals surface area contributed by atoms with Crippen molar-refractivity contribution in [2.75, 3.05) is 0 Å². The molecule has 0 heterocycles. The summed E-state index contributed by atoms with van der Waals surface area (Å²) in [5.74, 6) is -13.1. The highest BCUT2D eigenvalue weighted by molar-refractivity contribution is 9.10. The third kappa shape index (κ3) is 6.06. The monoisotopic (exact) mass is 482 g/mol. The van der Waals surface area contributed by atoms with E-state index in [1.54, 1.807) is 24.3 Å². The van der Waals surface area contributed by atoms with Crippen molar-refractivity contribution in [3.63, 3.8) is 0 Å². The van der Waals surface area contributed by atoms with Crippen molar-refractivity contribution in [1.29, 1.82) is 0 Å². The average Bonchev–Trinajstić information content (AvgIpc) is 2.57. The van der Waals surface area contributed by atoms with Crippen LogP contribution in [0.4, 0.5) is 39.5 Å². The van der Waals surface area contributed by atoms with E-state index in [4.69, 9.17) is 0 Å². The fraction of sp³-hybridized carbons (Fsp3) is 0.556. The van der Waals surface area contributed by atoms with Crippen LogP contribution >= 0.6 is 15.9 Å². The van der Waals surface area contributed by atoms with Crippen LogP contribution in [0.2, 0.25) is 0 Å². The summed E-state index contributed by atoms with van der Waals surface area (Å²) < 4.78 is 115. The summed E-state index contributed by atoms with van der Waals surface area (Å²) in [6, 6.07) is 7.14. The maximum atomic E-state index is 13.3. The molecule has 0 fully saturated rings. The molecular formula is C18H16BrF9. The standard InChI is InChI=1S/C18H16BrF9/c19-14-10-8-13(9-11-14)7-5-3-1-2-4-6-12-15(20,21)16(22,23)17(24,25)18(26,27)28/h8-11H,1-4,6,12H2. The number of hydrogen-bond donors (Lipinski definition) is 0. The Kier molecular flexibility index (Phi) is 8.30. The van der Waals surface area contributed by atoms with Gasteiger partial charge in [0.25, 0.3) is 0 Å². The zero-order valence-corrected chi connectivity index (χ0v) is 15.9. The number of halogens is 10. The maximum absolute atomic E-state index is 13.3. The van der Waals surface area contributed by atoms with Gasteiger partial charge in [0.15, 0.2) is 0 Å². The number of benzene rings is 1. The van der Waals surface area contributed by atoms with Gasteiger partial charge in [0.2, 0.25) is 0 Å². The molecule has 10 heteroatoms. The molecule has 158 valence electrons. The van der Waals surface area contributed by atoms with Gasteiger partial charge in [0.1, 0.15) is 0 Å². The van der Waals surface area contributed by atoms with Crippen LogP contribution in [0.3, 0.4) is 0 Å². The number of hydrogen-bond acceptors (Lipinski definition) is 0. The van der Waals surface area contributed by atoms with Crippen LogP contribution in [0.15, 0.2) is 28.7 Å². The average molecular weight is 483 g/mol. The highest BCUT2D eigenvalue weighted by Crippen LogP contribution is 2.54. The molecule has 1 aromatic carbocycles. The zero-order chi connectivity index (χ0) is 21.6. The molecule has 0 N–H and O–H groups in total. The molecular weight excluding hydrogens is 467 g/mol. The van der Waals surface area contributed by atoms with Crippen molar-refractivity contribution in [3.05, 3.63) is 34.3 Å². The van der Waals surface area contributed by atoms with E-state index in [2.05, 4.69) is 27.8 Å². The van der Waals surface area contributed by atoms with Crippen molar-refractivity contribution in [2.24, 2.45) is 0 Å². The lowest BCUT2D eigenvalue weighted by Crippen LogP contribution is -2.60. The largest absolute Gasteiger partial charge is 0.460 e. The van der Waals surface area contributed by atoms with Crippen LogP contribution in [0.1, 0.15) is 44.1 Å². The molecule has 0 unspecified atom stereocenters. The second-order valence-corrected chi connectivity index (χ2v) is 6.99. The summed E-state index contributed by atoms with van der Waals surface area (Å²) in [6.45, 7) is 0. The first-order valence-corrected chi connectivity index (χ1v) is 8.96. The Balaban J connectivity index is 2.41. The van der Waals surface area contributed by atoms with Crippen molar-refractivity contribution in [3.8, 4) is 11.8 Å². The molecule has 1 aromatic rings. The topological polar surface area (TPSA) is 0 Å². The van der Waals surface area contributed by atoms with E-state index in [0.29, 0.717) is 19.3 Å². The lowest BCUT2D eigenvalue weighted by Gasteiger charge is -2.33. The molecule has 0 amide bonds. The zero-order valence-electron chi connectivity index (χ0n) is 14.3. The van der Waals surface area contributed by atoms with Crippen molar-refractivity contribution >= 4 is 15.9 Å². The predicted octanol–water partition coefficient (Wildman–Crippen LogP) is 7.61. The minimum Gasteiger partial charge on any atom is -0.200 e. The Labute approximate surface area is 164 Å². The minimum absolute atomic E-state index is 0.0246. The fourth-order valence-corrected chi connectivity index (χ4v) is 2.44.